The first kappa shape index (κ1) is 8.88. The van der Waals surface area contributed by atoms with E-state index in [1.54, 1.807) is 6.20 Å². The summed E-state index contributed by atoms with van der Waals surface area (Å²) in [6.07, 6.45) is 3.68. The second-order valence-electron chi connectivity index (χ2n) is 2.10. The first-order valence-corrected chi connectivity index (χ1v) is 5.15. The van der Waals surface area contributed by atoms with Gasteiger partial charge in [-0.05, 0) is 11.6 Å². The molecule has 0 atom stereocenters. The zero-order chi connectivity index (χ0) is 7.94. The molecule has 0 aliphatic heterocycles. The van der Waals surface area contributed by atoms with Crippen LogP contribution in [0.5, 0.6) is 0 Å². The van der Waals surface area contributed by atoms with Gasteiger partial charge in [0.25, 0.3) is 0 Å². The van der Waals surface area contributed by atoms with Crippen LogP contribution in [0.4, 0.5) is 0 Å². The van der Waals surface area contributed by atoms with Crippen LogP contribution in [0, 0.1) is 0 Å². The van der Waals surface area contributed by atoms with E-state index in [9.17, 15) is 0 Å². The fraction of sp³-hybridized carbons (Fsp3) is 0.375. The van der Waals surface area contributed by atoms with E-state index in [1.807, 2.05) is 24.0 Å². The van der Waals surface area contributed by atoms with Gasteiger partial charge in [-0.3, -0.25) is 4.98 Å². The summed E-state index contributed by atoms with van der Waals surface area (Å²) in [7, 11) is 0. The average molecular weight is 188 g/mol. The van der Waals surface area contributed by atoms with Crippen LogP contribution >= 0.6 is 23.4 Å². The smallest absolute Gasteiger partial charge is 0.0314 e. The predicted molar refractivity (Wildman–Crippen MR) is 51.1 cm³/mol. The Kier molecular flexibility index (Phi) is 4.39. The number of pyridine rings is 1. The summed E-state index contributed by atoms with van der Waals surface area (Å²) >= 11 is 7.37. The molecule has 0 aliphatic carbocycles. The van der Waals surface area contributed by atoms with Crippen LogP contribution < -0.4 is 0 Å². The number of thioether (sulfide) groups is 1. The lowest BCUT2D eigenvalue weighted by Crippen LogP contribution is -1.84. The Balaban J connectivity index is 2.28. The van der Waals surface area contributed by atoms with Gasteiger partial charge in [0.05, 0.1) is 0 Å². The van der Waals surface area contributed by atoms with Gasteiger partial charge in [-0.25, -0.2) is 0 Å². The Hall–Kier alpha value is -0.210. The molecular formula is C8H10ClNS. The van der Waals surface area contributed by atoms with Gasteiger partial charge in [-0.1, -0.05) is 6.07 Å². The maximum atomic E-state index is 5.53. The molecule has 0 spiro atoms. The van der Waals surface area contributed by atoms with Crippen LogP contribution in [-0.4, -0.2) is 16.6 Å². The Morgan fingerprint density at radius 3 is 3.09 bits per heavy atom. The lowest BCUT2D eigenvalue weighted by Gasteiger charge is -1.97. The highest BCUT2D eigenvalue weighted by Crippen LogP contribution is 2.10. The predicted octanol–water partition coefficient (Wildman–Crippen LogP) is 2.55. The van der Waals surface area contributed by atoms with Crippen molar-refractivity contribution in [1.82, 2.24) is 4.98 Å². The zero-order valence-corrected chi connectivity index (χ0v) is 7.74. The third-order valence-corrected chi connectivity index (χ3v) is 2.66. The standard InChI is InChI=1S/C8H10ClNS/c9-3-5-11-7-8-2-1-4-10-6-8/h1-2,4,6H,3,5,7H2. The highest BCUT2D eigenvalue weighted by Gasteiger charge is 1.90. The number of hydrogen-bond donors (Lipinski definition) is 0. The Labute approximate surface area is 76.2 Å². The molecule has 1 aromatic heterocycles. The summed E-state index contributed by atoms with van der Waals surface area (Å²) in [6.45, 7) is 0. The molecule has 0 saturated carbocycles. The van der Waals surface area contributed by atoms with E-state index in [0.29, 0.717) is 0 Å². The van der Waals surface area contributed by atoms with Gasteiger partial charge >= 0.3 is 0 Å². The molecule has 0 bridgehead atoms. The van der Waals surface area contributed by atoms with Crippen LogP contribution in [0.3, 0.4) is 0 Å². The molecule has 3 heteroatoms. The molecular weight excluding hydrogens is 178 g/mol. The molecule has 0 N–H and O–H groups in total. The van der Waals surface area contributed by atoms with Crippen LogP contribution in [0.2, 0.25) is 0 Å². The molecule has 1 nitrogen and oxygen atoms in total. The van der Waals surface area contributed by atoms with Crippen molar-refractivity contribution in [2.24, 2.45) is 0 Å². The van der Waals surface area contributed by atoms with Crippen LogP contribution in [-0.2, 0) is 5.75 Å². The fourth-order valence-corrected chi connectivity index (χ4v) is 1.72. The van der Waals surface area contributed by atoms with Gasteiger partial charge in [0.1, 0.15) is 0 Å². The minimum absolute atomic E-state index is 0.727. The van der Waals surface area contributed by atoms with Crippen molar-refractivity contribution in [3.63, 3.8) is 0 Å². The highest BCUT2D eigenvalue weighted by molar-refractivity contribution is 7.98. The van der Waals surface area contributed by atoms with Crippen molar-refractivity contribution < 1.29 is 0 Å². The molecule has 1 aromatic rings. The maximum absolute atomic E-state index is 5.53. The van der Waals surface area contributed by atoms with Crippen molar-refractivity contribution >= 4 is 23.4 Å². The molecule has 1 rings (SSSR count). The van der Waals surface area contributed by atoms with Crippen LogP contribution in [0.1, 0.15) is 5.56 Å². The van der Waals surface area contributed by atoms with Crippen LogP contribution in [0.15, 0.2) is 24.5 Å². The molecule has 0 aromatic carbocycles. The molecule has 0 aliphatic rings. The number of halogens is 1. The van der Waals surface area contributed by atoms with E-state index in [1.165, 1.54) is 5.56 Å². The molecule has 1 heterocycles. The Morgan fingerprint density at radius 2 is 2.45 bits per heavy atom. The zero-order valence-electron chi connectivity index (χ0n) is 6.16. The van der Waals surface area contributed by atoms with Crippen molar-refractivity contribution in [1.29, 1.82) is 0 Å². The van der Waals surface area contributed by atoms with Gasteiger partial charge in [0, 0.05) is 29.8 Å². The van der Waals surface area contributed by atoms with Crippen molar-refractivity contribution in [3.8, 4) is 0 Å². The van der Waals surface area contributed by atoms with Crippen molar-refractivity contribution in [3.05, 3.63) is 30.1 Å². The molecule has 0 amide bonds. The Bertz CT molecular complexity index is 191. The lowest BCUT2D eigenvalue weighted by atomic mass is 10.3. The van der Waals surface area contributed by atoms with E-state index in [-0.39, 0.29) is 0 Å². The van der Waals surface area contributed by atoms with Crippen LogP contribution in [0.25, 0.3) is 0 Å². The summed E-state index contributed by atoms with van der Waals surface area (Å²) in [6, 6.07) is 4.03. The molecule has 0 saturated heterocycles. The minimum atomic E-state index is 0.727. The average Bonchev–Trinajstić information content (AvgIpc) is 2.07. The number of rotatable bonds is 4. The first-order valence-electron chi connectivity index (χ1n) is 3.46. The van der Waals surface area contributed by atoms with E-state index in [2.05, 4.69) is 11.1 Å². The van der Waals surface area contributed by atoms with Gasteiger partial charge < -0.3 is 0 Å². The van der Waals surface area contributed by atoms with Gasteiger partial charge in [0.15, 0.2) is 0 Å². The number of hydrogen-bond acceptors (Lipinski definition) is 2. The first-order chi connectivity index (χ1) is 5.43. The van der Waals surface area contributed by atoms with Gasteiger partial charge in [0.2, 0.25) is 0 Å². The number of nitrogens with zero attached hydrogens (tertiary/aromatic N) is 1. The van der Waals surface area contributed by atoms with E-state index in [4.69, 9.17) is 11.6 Å². The largest absolute Gasteiger partial charge is 0.264 e. The van der Waals surface area contributed by atoms with E-state index in [0.717, 1.165) is 17.4 Å². The molecule has 60 valence electrons. The molecule has 0 unspecified atom stereocenters. The lowest BCUT2D eigenvalue weighted by molar-refractivity contribution is 1.25. The third-order valence-electron chi connectivity index (χ3n) is 1.21. The maximum Gasteiger partial charge on any atom is 0.0314 e. The summed E-state index contributed by atoms with van der Waals surface area (Å²) in [5.41, 5.74) is 1.27. The molecule has 11 heavy (non-hydrogen) atoms. The quantitative estimate of drug-likeness (QED) is 0.531. The monoisotopic (exact) mass is 187 g/mol. The summed E-state index contributed by atoms with van der Waals surface area (Å²) in [5, 5.41) is 0. The topological polar surface area (TPSA) is 12.9 Å². The van der Waals surface area contributed by atoms with Gasteiger partial charge in [-0.2, -0.15) is 11.8 Å². The number of aromatic nitrogens is 1. The third kappa shape index (κ3) is 3.63. The van der Waals surface area contributed by atoms with Gasteiger partial charge in [-0.15, -0.1) is 11.6 Å². The fourth-order valence-electron chi connectivity index (χ4n) is 0.728. The van der Waals surface area contributed by atoms with E-state index < -0.39 is 0 Å². The minimum Gasteiger partial charge on any atom is -0.264 e. The second kappa shape index (κ2) is 5.44. The molecule has 0 fully saturated rings. The summed E-state index contributed by atoms with van der Waals surface area (Å²) in [4.78, 5) is 4.02. The normalized spacial score (nSPS) is 9.91. The van der Waals surface area contributed by atoms with E-state index >= 15 is 0 Å². The van der Waals surface area contributed by atoms with Crippen molar-refractivity contribution in [2.75, 3.05) is 11.6 Å². The second-order valence-corrected chi connectivity index (χ2v) is 3.59. The SMILES string of the molecule is ClCCSCc1cccnc1. The van der Waals surface area contributed by atoms with Crippen molar-refractivity contribution in [2.45, 2.75) is 5.75 Å². The Morgan fingerprint density at radius 1 is 1.55 bits per heavy atom. The molecule has 0 radical (unpaired) electrons. The summed E-state index contributed by atoms with van der Waals surface area (Å²) < 4.78 is 0. The highest BCUT2D eigenvalue weighted by atomic mass is 35.5. The number of alkyl halides is 1. The summed E-state index contributed by atoms with van der Waals surface area (Å²) in [5.74, 6) is 2.75.